The van der Waals surface area contributed by atoms with Crippen molar-refractivity contribution in [2.24, 2.45) is 0 Å². The molecule has 1 amide bonds. The molecule has 1 unspecified atom stereocenters. The lowest BCUT2D eigenvalue weighted by Gasteiger charge is -2.53. The summed E-state index contributed by atoms with van der Waals surface area (Å²) in [5, 5.41) is 50.1. The Balaban J connectivity index is 3.12. The number of hydrogen-bond acceptors (Lipinski definition) is 7. The molecule has 17 heavy (non-hydrogen) atoms. The van der Waals surface area contributed by atoms with Crippen molar-refractivity contribution in [3.8, 4) is 0 Å². The first-order valence-corrected chi connectivity index (χ1v) is 5.12. The molecule has 0 aromatic carbocycles. The van der Waals surface area contributed by atoms with Crippen LogP contribution in [-0.4, -0.2) is 80.2 Å². The van der Waals surface area contributed by atoms with Crippen LogP contribution < -0.4 is 5.32 Å². The number of likely N-dealkylation sites (N-methyl/N-ethyl adjacent to an activating group) is 1. The van der Waals surface area contributed by atoms with E-state index in [1.54, 1.807) is 0 Å². The normalized spacial score (nSPS) is 43.5. The lowest BCUT2D eigenvalue weighted by atomic mass is 9.87. The number of carbonyl (C=O) groups excluding carboxylic acids is 1. The summed E-state index contributed by atoms with van der Waals surface area (Å²) in [6.07, 6.45) is -6.43. The van der Waals surface area contributed by atoms with E-state index < -0.39 is 42.7 Å². The highest BCUT2D eigenvalue weighted by Crippen LogP contribution is 2.28. The third kappa shape index (κ3) is 2.15. The zero-order valence-corrected chi connectivity index (χ0v) is 9.61. The van der Waals surface area contributed by atoms with Crippen molar-refractivity contribution in [1.29, 1.82) is 0 Å². The van der Waals surface area contributed by atoms with E-state index in [-0.39, 0.29) is 0 Å². The fraction of sp³-hybridized carbons (Fsp3) is 0.889. The average Bonchev–Trinajstić information content (AvgIpc) is 2.29. The monoisotopic (exact) mass is 250 g/mol. The van der Waals surface area contributed by atoms with Crippen LogP contribution >= 0.6 is 0 Å². The second-order valence-corrected chi connectivity index (χ2v) is 4.21. The first-order chi connectivity index (χ1) is 7.77. The Morgan fingerprint density at radius 1 is 1.29 bits per heavy atom. The van der Waals surface area contributed by atoms with E-state index >= 15 is 0 Å². The fourth-order valence-corrected chi connectivity index (χ4v) is 2.03. The van der Waals surface area contributed by atoms with E-state index in [1.165, 1.54) is 14.0 Å². The van der Waals surface area contributed by atoms with E-state index in [2.05, 4.69) is 5.32 Å². The first kappa shape index (κ1) is 14.3. The van der Waals surface area contributed by atoms with Crippen LogP contribution in [0.3, 0.4) is 0 Å². The highest BCUT2D eigenvalue weighted by molar-refractivity contribution is 5.74. The molecule has 8 heteroatoms. The third-order valence-electron chi connectivity index (χ3n) is 3.13. The minimum atomic E-state index is -1.73. The number of aliphatic hydroxyl groups excluding tert-OH is 5. The average molecular weight is 250 g/mol. The van der Waals surface area contributed by atoms with Crippen LogP contribution in [-0.2, 0) is 4.79 Å². The van der Waals surface area contributed by atoms with Crippen molar-refractivity contribution in [3.05, 3.63) is 0 Å². The van der Waals surface area contributed by atoms with Gasteiger partial charge in [-0.2, -0.15) is 0 Å². The molecule has 1 aliphatic heterocycles. The van der Waals surface area contributed by atoms with Crippen molar-refractivity contribution in [2.45, 2.75) is 37.1 Å². The molecule has 8 nitrogen and oxygen atoms in total. The summed E-state index contributed by atoms with van der Waals surface area (Å²) in [4.78, 5) is 12.1. The van der Waals surface area contributed by atoms with Gasteiger partial charge in [0, 0.05) is 6.92 Å². The molecule has 1 aliphatic rings. The second-order valence-electron chi connectivity index (χ2n) is 4.21. The molecule has 0 aliphatic carbocycles. The van der Waals surface area contributed by atoms with Crippen LogP contribution in [0.2, 0.25) is 0 Å². The first-order valence-electron chi connectivity index (χ1n) is 5.12. The number of rotatable bonds is 2. The van der Waals surface area contributed by atoms with E-state index in [4.69, 9.17) is 0 Å². The summed E-state index contributed by atoms with van der Waals surface area (Å²) in [6, 6.07) is 0. The number of carbonyl (C=O) groups is 1. The summed E-state index contributed by atoms with van der Waals surface area (Å²) in [5.74, 6) is -0.555. The maximum atomic E-state index is 11.1. The summed E-state index contributed by atoms with van der Waals surface area (Å²) in [5.41, 5.74) is -1.73. The van der Waals surface area contributed by atoms with Crippen LogP contribution in [0.1, 0.15) is 6.92 Å². The zero-order chi connectivity index (χ0) is 13.4. The van der Waals surface area contributed by atoms with Crippen molar-refractivity contribution in [1.82, 2.24) is 10.2 Å². The Hall–Kier alpha value is -0.770. The van der Waals surface area contributed by atoms with Crippen molar-refractivity contribution in [3.63, 3.8) is 0 Å². The molecule has 0 aromatic heterocycles. The van der Waals surface area contributed by atoms with Gasteiger partial charge in [0.25, 0.3) is 0 Å². The predicted molar refractivity (Wildman–Crippen MR) is 55.4 cm³/mol. The molecule has 1 saturated heterocycles. The quantitative estimate of drug-likeness (QED) is 0.295. The van der Waals surface area contributed by atoms with E-state index in [0.29, 0.717) is 0 Å². The number of hydrogen-bond donors (Lipinski definition) is 6. The number of likely N-dealkylation sites (tertiary alicyclic amines) is 1. The molecular weight excluding hydrogens is 232 g/mol. The highest BCUT2D eigenvalue weighted by atomic mass is 16.4. The Bertz CT molecular complexity index is 283. The molecule has 100 valence electrons. The van der Waals surface area contributed by atoms with Crippen LogP contribution in [0.15, 0.2) is 0 Å². The molecule has 0 spiro atoms. The molecule has 5 atom stereocenters. The molecule has 1 rings (SSSR count). The SMILES string of the molecule is CC(=O)N[C@@]1(CO)[C@@H](O)[C@H](O)[C@@H](O)C(O)N1C. The van der Waals surface area contributed by atoms with Crippen LogP contribution in [0.5, 0.6) is 0 Å². The molecule has 6 N–H and O–H groups in total. The number of nitrogens with one attached hydrogen (secondary N) is 1. The van der Waals surface area contributed by atoms with Gasteiger partial charge in [0.05, 0.1) is 6.61 Å². The predicted octanol–water partition coefficient (Wildman–Crippen LogP) is -3.84. The third-order valence-corrected chi connectivity index (χ3v) is 3.13. The fourth-order valence-electron chi connectivity index (χ4n) is 2.03. The molecule has 0 bridgehead atoms. The minimum Gasteiger partial charge on any atom is -0.392 e. The van der Waals surface area contributed by atoms with Gasteiger partial charge in [-0.1, -0.05) is 0 Å². The summed E-state index contributed by atoms with van der Waals surface area (Å²) < 4.78 is 0. The maximum absolute atomic E-state index is 11.1. The smallest absolute Gasteiger partial charge is 0.218 e. The van der Waals surface area contributed by atoms with Gasteiger partial charge in [-0.3, -0.25) is 9.69 Å². The molecule has 0 radical (unpaired) electrons. The largest absolute Gasteiger partial charge is 0.392 e. The number of piperidine rings is 1. The van der Waals surface area contributed by atoms with Crippen molar-refractivity contribution >= 4 is 5.91 Å². The molecule has 0 aromatic rings. The van der Waals surface area contributed by atoms with E-state index in [0.717, 1.165) is 4.90 Å². The van der Waals surface area contributed by atoms with Crippen LogP contribution in [0.25, 0.3) is 0 Å². The lowest BCUT2D eigenvalue weighted by Crippen LogP contribution is -2.79. The van der Waals surface area contributed by atoms with Crippen LogP contribution in [0.4, 0.5) is 0 Å². The molecule has 0 saturated carbocycles. The Morgan fingerprint density at radius 2 is 1.82 bits per heavy atom. The van der Waals surface area contributed by atoms with Gasteiger partial charge in [-0.05, 0) is 7.05 Å². The van der Waals surface area contributed by atoms with E-state index in [1.807, 2.05) is 0 Å². The highest BCUT2D eigenvalue weighted by Gasteiger charge is 2.55. The van der Waals surface area contributed by atoms with Crippen LogP contribution in [0, 0.1) is 0 Å². The topological polar surface area (TPSA) is 133 Å². The zero-order valence-electron chi connectivity index (χ0n) is 9.61. The van der Waals surface area contributed by atoms with Gasteiger partial charge in [0.2, 0.25) is 5.91 Å². The number of amides is 1. The summed E-state index contributed by atoms with van der Waals surface area (Å²) in [7, 11) is 1.30. The lowest BCUT2D eigenvalue weighted by molar-refractivity contribution is -0.256. The summed E-state index contributed by atoms with van der Waals surface area (Å²) >= 11 is 0. The summed E-state index contributed by atoms with van der Waals surface area (Å²) in [6.45, 7) is 0.437. The maximum Gasteiger partial charge on any atom is 0.218 e. The van der Waals surface area contributed by atoms with Gasteiger partial charge in [0.15, 0.2) is 0 Å². The van der Waals surface area contributed by atoms with Crippen molar-refractivity contribution in [2.75, 3.05) is 13.7 Å². The molecule has 1 heterocycles. The van der Waals surface area contributed by atoms with Gasteiger partial charge in [-0.25, -0.2) is 0 Å². The standard InChI is InChI=1S/C9H18N2O6/c1-4(13)10-9(3-12)7(16)5(14)6(15)8(17)11(9)2/h5-8,12,14-17H,3H2,1-2H3,(H,10,13)/t5-,6-,7+,8?,9-/m1/s1. The second kappa shape index (κ2) is 4.84. The number of aliphatic hydroxyl groups is 5. The van der Waals surface area contributed by atoms with Crippen molar-refractivity contribution < 1.29 is 30.3 Å². The van der Waals surface area contributed by atoms with Gasteiger partial charge >= 0.3 is 0 Å². The minimum absolute atomic E-state index is 0.555. The molecular formula is C9H18N2O6. The Kier molecular flexibility index (Phi) is 4.07. The number of nitrogens with zero attached hydrogens (tertiary/aromatic N) is 1. The molecule has 1 fully saturated rings. The Labute approximate surface area is 98.1 Å². The van der Waals surface area contributed by atoms with Gasteiger partial charge < -0.3 is 30.8 Å². The van der Waals surface area contributed by atoms with Gasteiger partial charge in [-0.15, -0.1) is 0 Å². The Morgan fingerprint density at radius 3 is 2.24 bits per heavy atom. The van der Waals surface area contributed by atoms with Gasteiger partial charge in [0.1, 0.15) is 30.2 Å². The van der Waals surface area contributed by atoms with E-state index in [9.17, 15) is 30.3 Å².